The number of hydrogen-bond acceptors (Lipinski definition) is 7. The average molecular weight is 366 g/mol. The zero-order chi connectivity index (χ0) is 17.7. The lowest BCUT2D eigenvalue weighted by molar-refractivity contribution is -0.135. The summed E-state index contributed by atoms with van der Waals surface area (Å²) in [6.07, 6.45) is -0.111. The van der Waals surface area contributed by atoms with Crippen LogP contribution in [0.5, 0.6) is 0 Å². The van der Waals surface area contributed by atoms with Gasteiger partial charge in [0, 0.05) is 26.1 Å². The third-order valence-corrected chi connectivity index (χ3v) is 6.50. The molecule has 136 valence electrons. The SMILES string of the molecule is Cc1nnc(N2CC(C(=O)N3C[C@H]4C[C@H](O)[C@H](O)C[C@H]4C3)CC2=O)s1. The van der Waals surface area contributed by atoms with Gasteiger partial charge in [-0.25, -0.2) is 0 Å². The summed E-state index contributed by atoms with van der Waals surface area (Å²) in [6.45, 7) is 3.40. The molecule has 3 heterocycles. The molecule has 25 heavy (non-hydrogen) atoms. The summed E-state index contributed by atoms with van der Waals surface area (Å²) in [5.41, 5.74) is 0. The number of fused-ring (bicyclic) bond motifs is 1. The van der Waals surface area contributed by atoms with Gasteiger partial charge in [0.1, 0.15) is 5.01 Å². The minimum atomic E-state index is -0.694. The molecule has 5 atom stereocenters. The highest BCUT2D eigenvalue weighted by Gasteiger charge is 2.45. The molecule has 0 radical (unpaired) electrons. The van der Waals surface area contributed by atoms with Crippen LogP contribution in [0.3, 0.4) is 0 Å². The van der Waals surface area contributed by atoms with Gasteiger partial charge in [-0.15, -0.1) is 10.2 Å². The van der Waals surface area contributed by atoms with Crippen LogP contribution in [-0.4, -0.2) is 69.0 Å². The Bertz CT molecular complexity index is 677. The van der Waals surface area contributed by atoms with Crippen molar-refractivity contribution >= 4 is 28.3 Å². The fourth-order valence-electron chi connectivity index (χ4n) is 4.30. The summed E-state index contributed by atoms with van der Waals surface area (Å²) in [5.74, 6) is 0.0295. The number of carbonyl (C=O) groups is 2. The number of aryl methyl sites for hydroxylation is 1. The van der Waals surface area contributed by atoms with Crippen molar-refractivity contribution in [1.29, 1.82) is 0 Å². The highest BCUT2D eigenvalue weighted by atomic mass is 32.1. The van der Waals surface area contributed by atoms with Gasteiger partial charge in [-0.1, -0.05) is 11.3 Å². The minimum Gasteiger partial charge on any atom is -0.390 e. The lowest BCUT2D eigenvalue weighted by Crippen LogP contribution is -2.38. The summed E-state index contributed by atoms with van der Waals surface area (Å²) >= 11 is 1.35. The van der Waals surface area contributed by atoms with E-state index in [1.807, 2.05) is 11.8 Å². The summed E-state index contributed by atoms with van der Waals surface area (Å²) in [6, 6.07) is 0. The second kappa shape index (κ2) is 6.30. The van der Waals surface area contributed by atoms with E-state index in [0.717, 1.165) is 5.01 Å². The third kappa shape index (κ3) is 3.04. The minimum absolute atomic E-state index is 0.00420. The molecule has 1 aromatic heterocycles. The van der Waals surface area contributed by atoms with Gasteiger partial charge in [0.25, 0.3) is 0 Å². The van der Waals surface area contributed by atoms with E-state index in [4.69, 9.17) is 0 Å². The fourth-order valence-corrected chi connectivity index (χ4v) is 5.01. The Labute approximate surface area is 149 Å². The van der Waals surface area contributed by atoms with Crippen LogP contribution in [0.4, 0.5) is 5.13 Å². The smallest absolute Gasteiger partial charge is 0.229 e. The molecule has 3 aliphatic rings. The highest BCUT2D eigenvalue weighted by molar-refractivity contribution is 7.15. The van der Waals surface area contributed by atoms with Gasteiger partial charge in [0.05, 0.1) is 18.1 Å². The van der Waals surface area contributed by atoms with Crippen molar-refractivity contribution in [1.82, 2.24) is 15.1 Å². The van der Waals surface area contributed by atoms with Crippen LogP contribution in [0.1, 0.15) is 24.3 Å². The number of hydrogen-bond donors (Lipinski definition) is 2. The molecule has 1 aliphatic carbocycles. The molecule has 8 nitrogen and oxygen atoms in total. The van der Waals surface area contributed by atoms with Gasteiger partial charge >= 0.3 is 0 Å². The van der Waals surface area contributed by atoms with Gasteiger partial charge in [0.2, 0.25) is 16.9 Å². The van der Waals surface area contributed by atoms with E-state index in [1.165, 1.54) is 11.3 Å². The van der Waals surface area contributed by atoms with Crippen molar-refractivity contribution < 1.29 is 19.8 Å². The van der Waals surface area contributed by atoms with Crippen molar-refractivity contribution in [2.24, 2.45) is 17.8 Å². The standard InChI is InChI=1S/C16H22N4O4S/c1-8-17-18-16(25-8)20-7-11(4-14(20)23)15(24)19-5-9-2-12(21)13(22)3-10(9)6-19/h9-13,21-22H,2-7H2,1H3/t9-,10+,11?,12+,13-. The quantitative estimate of drug-likeness (QED) is 0.750. The summed E-state index contributed by atoms with van der Waals surface area (Å²) in [7, 11) is 0. The van der Waals surface area contributed by atoms with Crippen LogP contribution >= 0.6 is 11.3 Å². The molecule has 1 aromatic rings. The topological polar surface area (TPSA) is 107 Å². The number of aromatic nitrogens is 2. The number of aliphatic hydroxyl groups is 2. The molecule has 1 saturated carbocycles. The van der Waals surface area contributed by atoms with Crippen molar-refractivity contribution in [2.75, 3.05) is 24.5 Å². The van der Waals surface area contributed by atoms with E-state index in [0.29, 0.717) is 37.6 Å². The van der Waals surface area contributed by atoms with Crippen molar-refractivity contribution in [2.45, 2.75) is 38.4 Å². The number of nitrogens with zero attached hydrogens (tertiary/aromatic N) is 4. The van der Waals surface area contributed by atoms with Gasteiger partial charge in [-0.3, -0.25) is 14.5 Å². The lowest BCUT2D eigenvalue weighted by Gasteiger charge is -2.31. The van der Waals surface area contributed by atoms with Gasteiger partial charge in [-0.2, -0.15) is 0 Å². The van der Waals surface area contributed by atoms with Crippen molar-refractivity contribution in [3.05, 3.63) is 5.01 Å². The second-order valence-electron chi connectivity index (χ2n) is 7.38. The maximum atomic E-state index is 12.9. The number of likely N-dealkylation sites (tertiary alicyclic amines) is 1. The van der Waals surface area contributed by atoms with Gasteiger partial charge < -0.3 is 15.1 Å². The normalized spacial score (nSPS) is 35.3. The van der Waals surface area contributed by atoms with Crippen LogP contribution in [0, 0.1) is 24.7 Å². The fraction of sp³-hybridized carbons (Fsp3) is 0.750. The largest absolute Gasteiger partial charge is 0.390 e. The molecule has 2 N–H and O–H groups in total. The Hall–Kier alpha value is -1.58. The number of rotatable bonds is 2. The summed E-state index contributed by atoms with van der Waals surface area (Å²) < 4.78 is 0. The number of aliphatic hydroxyl groups excluding tert-OH is 2. The van der Waals surface area contributed by atoms with Gasteiger partial charge in [0.15, 0.2) is 0 Å². The van der Waals surface area contributed by atoms with Crippen molar-refractivity contribution in [3.63, 3.8) is 0 Å². The van der Waals surface area contributed by atoms with E-state index >= 15 is 0 Å². The molecule has 1 unspecified atom stereocenters. The maximum absolute atomic E-state index is 12.9. The molecule has 0 aromatic carbocycles. The van der Waals surface area contributed by atoms with Crippen LogP contribution in [-0.2, 0) is 9.59 Å². The van der Waals surface area contributed by atoms with E-state index < -0.39 is 12.2 Å². The average Bonchev–Trinajstić information content (AvgIpc) is 3.26. The number of anilines is 1. The van der Waals surface area contributed by atoms with E-state index in [1.54, 1.807) is 4.90 Å². The Morgan fingerprint density at radius 3 is 2.32 bits per heavy atom. The first-order valence-corrected chi connectivity index (χ1v) is 9.49. The third-order valence-electron chi connectivity index (χ3n) is 5.64. The van der Waals surface area contributed by atoms with Crippen LogP contribution in [0.2, 0.25) is 0 Å². The molecule has 9 heteroatoms. The molecule has 2 amide bonds. The second-order valence-corrected chi connectivity index (χ2v) is 8.54. The van der Waals surface area contributed by atoms with Crippen molar-refractivity contribution in [3.8, 4) is 0 Å². The molecular formula is C16H22N4O4S. The Kier molecular flexibility index (Phi) is 4.25. The summed E-state index contributed by atoms with van der Waals surface area (Å²) in [4.78, 5) is 28.5. The van der Waals surface area contributed by atoms with Crippen LogP contribution < -0.4 is 4.90 Å². The zero-order valence-electron chi connectivity index (χ0n) is 14.0. The maximum Gasteiger partial charge on any atom is 0.229 e. The van der Waals surface area contributed by atoms with Crippen LogP contribution in [0.15, 0.2) is 0 Å². The van der Waals surface area contributed by atoms with E-state index in [-0.39, 0.29) is 36.0 Å². The lowest BCUT2D eigenvalue weighted by atomic mass is 9.79. The van der Waals surface area contributed by atoms with E-state index in [9.17, 15) is 19.8 Å². The highest BCUT2D eigenvalue weighted by Crippen LogP contribution is 2.38. The Balaban J connectivity index is 1.41. The molecule has 0 bridgehead atoms. The Morgan fingerprint density at radius 1 is 1.12 bits per heavy atom. The molecule has 2 aliphatic heterocycles. The molecule has 0 spiro atoms. The number of amides is 2. The zero-order valence-corrected chi connectivity index (χ0v) is 14.9. The monoisotopic (exact) mass is 366 g/mol. The first-order valence-electron chi connectivity index (χ1n) is 8.67. The van der Waals surface area contributed by atoms with Crippen LogP contribution in [0.25, 0.3) is 0 Å². The first kappa shape index (κ1) is 16.9. The molecular weight excluding hydrogens is 344 g/mol. The molecule has 3 fully saturated rings. The van der Waals surface area contributed by atoms with Gasteiger partial charge in [-0.05, 0) is 31.6 Å². The summed E-state index contributed by atoms with van der Waals surface area (Å²) in [5, 5.41) is 29.0. The Morgan fingerprint density at radius 2 is 1.76 bits per heavy atom. The molecule has 4 rings (SSSR count). The first-order chi connectivity index (χ1) is 11.9. The predicted octanol–water partition coefficient (Wildman–Crippen LogP) is -0.210. The van der Waals surface area contributed by atoms with E-state index in [2.05, 4.69) is 10.2 Å². The number of carbonyl (C=O) groups excluding carboxylic acids is 2. The predicted molar refractivity (Wildman–Crippen MR) is 89.9 cm³/mol. The molecule has 2 saturated heterocycles.